The van der Waals surface area contributed by atoms with Crippen LogP contribution < -0.4 is 10.6 Å². The Labute approximate surface area is 147 Å². The molecule has 0 spiro atoms. The number of nitrogens with one attached hydrogen (secondary N) is 2. The molecule has 0 aliphatic rings. The van der Waals surface area contributed by atoms with Gasteiger partial charge < -0.3 is 10.6 Å². The molecule has 3 rings (SSSR count). The third kappa shape index (κ3) is 4.67. The van der Waals surface area contributed by atoms with Crippen LogP contribution in [0.15, 0.2) is 66.9 Å². The molecule has 1 aromatic heterocycles. The van der Waals surface area contributed by atoms with Crippen LogP contribution in [0.3, 0.4) is 0 Å². The first kappa shape index (κ1) is 16.7. The van der Waals surface area contributed by atoms with Crippen molar-refractivity contribution in [1.29, 1.82) is 0 Å². The topological polar surface area (TPSA) is 54.0 Å². The van der Waals surface area contributed by atoms with Crippen LogP contribution in [0.1, 0.15) is 27.0 Å². The predicted octanol–water partition coefficient (Wildman–Crippen LogP) is 4.56. The number of nitrogens with zero attached hydrogens (tertiary/aromatic N) is 1. The Morgan fingerprint density at radius 2 is 1.76 bits per heavy atom. The molecule has 1 heterocycles. The summed E-state index contributed by atoms with van der Waals surface area (Å²) in [6, 6.07) is 19.6. The Morgan fingerprint density at radius 1 is 0.960 bits per heavy atom. The number of anilines is 2. The summed E-state index contributed by atoms with van der Waals surface area (Å²) in [5.74, 6) is 0.379. The predicted molar refractivity (Wildman–Crippen MR) is 102 cm³/mol. The van der Waals surface area contributed by atoms with Crippen molar-refractivity contribution in [2.24, 2.45) is 0 Å². The number of rotatable bonds is 5. The Kier molecular flexibility index (Phi) is 5.09. The van der Waals surface area contributed by atoms with Crippen LogP contribution in [0.25, 0.3) is 0 Å². The summed E-state index contributed by atoms with van der Waals surface area (Å²) < 4.78 is 0. The van der Waals surface area contributed by atoms with Crippen molar-refractivity contribution in [3.63, 3.8) is 0 Å². The van der Waals surface area contributed by atoms with Crippen LogP contribution >= 0.6 is 0 Å². The third-order valence-corrected chi connectivity index (χ3v) is 3.90. The van der Waals surface area contributed by atoms with Crippen molar-refractivity contribution in [1.82, 2.24) is 4.98 Å². The maximum Gasteiger partial charge on any atom is 0.256 e. The monoisotopic (exact) mass is 331 g/mol. The number of carbonyl (C=O) groups is 1. The summed E-state index contributed by atoms with van der Waals surface area (Å²) in [6.45, 7) is 4.77. The van der Waals surface area contributed by atoms with Gasteiger partial charge in [0.1, 0.15) is 5.82 Å². The highest BCUT2D eigenvalue weighted by atomic mass is 16.1. The Hall–Kier alpha value is -3.14. The van der Waals surface area contributed by atoms with Gasteiger partial charge in [-0.15, -0.1) is 0 Å². The summed E-state index contributed by atoms with van der Waals surface area (Å²) in [7, 11) is 0. The summed E-state index contributed by atoms with van der Waals surface area (Å²) in [6.07, 6.45) is 1.72. The Balaban J connectivity index is 1.58. The zero-order chi connectivity index (χ0) is 17.6. The van der Waals surface area contributed by atoms with Crippen LogP contribution in [-0.2, 0) is 6.54 Å². The fourth-order valence-corrected chi connectivity index (χ4v) is 2.46. The van der Waals surface area contributed by atoms with Crippen LogP contribution in [0, 0.1) is 13.8 Å². The van der Waals surface area contributed by atoms with Crippen molar-refractivity contribution in [2.75, 3.05) is 10.6 Å². The molecule has 2 N–H and O–H groups in total. The molecule has 25 heavy (non-hydrogen) atoms. The minimum Gasteiger partial charge on any atom is -0.380 e. The van der Waals surface area contributed by atoms with E-state index in [4.69, 9.17) is 0 Å². The van der Waals surface area contributed by atoms with Crippen LogP contribution in [0.5, 0.6) is 0 Å². The van der Waals surface area contributed by atoms with E-state index in [2.05, 4.69) is 46.8 Å². The van der Waals surface area contributed by atoms with Gasteiger partial charge in [0.25, 0.3) is 5.91 Å². The average Bonchev–Trinajstić information content (AvgIpc) is 2.62. The number of hydrogen-bond acceptors (Lipinski definition) is 3. The Morgan fingerprint density at radius 3 is 2.44 bits per heavy atom. The summed E-state index contributed by atoms with van der Waals surface area (Å²) in [4.78, 5) is 16.5. The lowest BCUT2D eigenvalue weighted by atomic mass is 10.1. The van der Waals surface area contributed by atoms with E-state index in [-0.39, 0.29) is 5.91 Å². The summed E-state index contributed by atoms with van der Waals surface area (Å²) >= 11 is 0. The molecule has 3 aromatic rings. The third-order valence-electron chi connectivity index (χ3n) is 3.90. The molecule has 0 radical (unpaired) electrons. The molecule has 4 nitrogen and oxygen atoms in total. The van der Waals surface area contributed by atoms with E-state index < -0.39 is 0 Å². The number of aryl methyl sites for hydroxylation is 2. The number of amides is 1. The van der Waals surface area contributed by atoms with Gasteiger partial charge in [-0.3, -0.25) is 4.79 Å². The maximum atomic E-state index is 12.2. The van der Waals surface area contributed by atoms with Gasteiger partial charge in [-0.1, -0.05) is 47.5 Å². The first-order valence-corrected chi connectivity index (χ1v) is 8.24. The summed E-state index contributed by atoms with van der Waals surface area (Å²) in [5, 5.41) is 6.14. The molecule has 0 aliphatic carbocycles. The first-order chi connectivity index (χ1) is 12.1. The van der Waals surface area contributed by atoms with Gasteiger partial charge in [-0.05, 0) is 43.7 Å². The number of aromatic nitrogens is 1. The fourth-order valence-electron chi connectivity index (χ4n) is 2.46. The second-order valence-electron chi connectivity index (χ2n) is 6.09. The minimum absolute atomic E-state index is 0.156. The standard InChI is InChI=1S/C21H21N3O/c1-15-6-8-17(9-7-15)13-22-19-10-11-20(23-14-19)24-21(25)18-5-3-4-16(2)12-18/h3-12,14,22H,13H2,1-2H3,(H,23,24,25). The van der Waals surface area contributed by atoms with Crippen LogP contribution in [0.2, 0.25) is 0 Å². The molecule has 0 bridgehead atoms. The number of carbonyl (C=O) groups excluding carboxylic acids is 1. The second kappa shape index (κ2) is 7.62. The lowest BCUT2D eigenvalue weighted by molar-refractivity contribution is 0.102. The number of benzene rings is 2. The van der Waals surface area contributed by atoms with Crippen molar-refractivity contribution in [3.8, 4) is 0 Å². The molecule has 0 saturated heterocycles. The van der Waals surface area contributed by atoms with E-state index in [1.165, 1.54) is 11.1 Å². The fraction of sp³-hybridized carbons (Fsp3) is 0.143. The van der Waals surface area contributed by atoms with Crippen LogP contribution in [0.4, 0.5) is 11.5 Å². The normalized spacial score (nSPS) is 10.3. The largest absolute Gasteiger partial charge is 0.380 e. The van der Waals surface area contributed by atoms with E-state index in [1.54, 1.807) is 18.3 Å². The highest BCUT2D eigenvalue weighted by Gasteiger charge is 2.06. The second-order valence-corrected chi connectivity index (χ2v) is 6.09. The molecule has 0 unspecified atom stereocenters. The molecular formula is C21H21N3O. The Bertz CT molecular complexity index is 855. The smallest absolute Gasteiger partial charge is 0.256 e. The maximum absolute atomic E-state index is 12.2. The first-order valence-electron chi connectivity index (χ1n) is 8.24. The zero-order valence-electron chi connectivity index (χ0n) is 14.4. The number of pyridine rings is 1. The lowest BCUT2D eigenvalue weighted by Gasteiger charge is -2.08. The van der Waals surface area contributed by atoms with Gasteiger partial charge in [0.2, 0.25) is 0 Å². The quantitative estimate of drug-likeness (QED) is 0.720. The zero-order valence-corrected chi connectivity index (χ0v) is 14.4. The minimum atomic E-state index is -0.156. The SMILES string of the molecule is Cc1ccc(CNc2ccc(NC(=O)c3cccc(C)c3)nc2)cc1. The van der Waals surface area contributed by atoms with Gasteiger partial charge in [0.15, 0.2) is 0 Å². The van der Waals surface area contributed by atoms with Crippen molar-refractivity contribution < 1.29 is 4.79 Å². The van der Waals surface area contributed by atoms with E-state index in [0.29, 0.717) is 11.4 Å². The summed E-state index contributed by atoms with van der Waals surface area (Å²) in [5.41, 5.74) is 5.05. The molecular weight excluding hydrogens is 310 g/mol. The van der Waals surface area contributed by atoms with E-state index in [0.717, 1.165) is 17.8 Å². The van der Waals surface area contributed by atoms with Gasteiger partial charge in [-0.2, -0.15) is 0 Å². The lowest BCUT2D eigenvalue weighted by Crippen LogP contribution is -2.13. The number of hydrogen-bond donors (Lipinski definition) is 2. The van der Waals surface area contributed by atoms with Crippen molar-refractivity contribution in [3.05, 3.63) is 89.1 Å². The molecule has 126 valence electrons. The highest BCUT2D eigenvalue weighted by molar-refractivity contribution is 6.03. The van der Waals surface area contributed by atoms with Gasteiger partial charge >= 0.3 is 0 Å². The van der Waals surface area contributed by atoms with Gasteiger partial charge in [0, 0.05) is 12.1 Å². The highest BCUT2D eigenvalue weighted by Crippen LogP contribution is 2.13. The van der Waals surface area contributed by atoms with Gasteiger partial charge in [0.05, 0.1) is 11.9 Å². The van der Waals surface area contributed by atoms with E-state index in [1.807, 2.05) is 31.2 Å². The molecule has 4 heteroatoms. The molecule has 0 saturated carbocycles. The van der Waals surface area contributed by atoms with Crippen molar-refractivity contribution in [2.45, 2.75) is 20.4 Å². The molecule has 2 aromatic carbocycles. The van der Waals surface area contributed by atoms with Gasteiger partial charge in [-0.25, -0.2) is 4.98 Å². The molecule has 0 atom stereocenters. The van der Waals surface area contributed by atoms with Crippen molar-refractivity contribution >= 4 is 17.4 Å². The van der Waals surface area contributed by atoms with E-state index >= 15 is 0 Å². The van der Waals surface area contributed by atoms with E-state index in [9.17, 15) is 4.79 Å². The molecule has 0 aliphatic heterocycles. The molecule has 1 amide bonds. The molecule has 0 fully saturated rings. The van der Waals surface area contributed by atoms with Crippen LogP contribution in [-0.4, -0.2) is 10.9 Å². The average molecular weight is 331 g/mol.